The Morgan fingerprint density at radius 3 is 3.00 bits per heavy atom. The highest BCUT2D eigenvalue weighted by Crippen LogP contribution is 2.12. The normalized spacial score (nSPS) is 10.6. The minimum atomic E-state index is 0.316. The zero-order valence-electron chi connectivity index (χ0n) is 9.10. The van der Waals surface area contributed by atoms with E-state index in [1.54, 1.807) is 6.26 Å². The molecule has 2 aromatic rings. The maximum absolute atomic E-state index is 10.4. The van der Waals surface area contributed by atoms with Crippen molar-refractivity contribution in [3.8, 4) is 0 Å². The molecule has 4 nitrogen and oxygen atoms in total. The van der Waals surface area contributed by atoms with Crippen molar-refractivity contribution < 1.29 is 13.6 Å². The highest BCUT2D eigenvalue weighted by molar-refractivity contribution is 5.54. The van der Waals surface area contributed by atoms with Gasteiger partial charge in [0.25, 0.3) is 0 Å². The summed E-state index contributed by atoms with van der Waals surface area (Å²) in [4.78, 5) is 14.6. The lowest BCUT2D eigenvalue weighted by atomic mass is 10.2. The number of oxazole rings is 1. The third kappa shape index (κ3) is 2.39. The Labute approximate surface area is 93.3 Å². The number of furan rings is 1. The fourth-order valence-electron chi connectivity index (χ4n) is 1.55. The number of aromatic nitrogens is 1. The molecule has 0 fully saturated rings. The standard InChI is InChI=1S/C12H13NO3/c1-9-11(6-7-14)13-12(16-9)5-4-10-3-2-8-15-10/h2-3,7-8H,4-6H2,1H3. The number of carbonyl (C=O) groups is 1. The lowest BCUT2D eigenvalue weighted by Crippen LogP contribution is -1.92. The number of aryl methyl sites for hydroxylation is 3. The molecule has 0 aliphatic heterocycles. The fourth-order valence-corrected chi connectivity index (χ4v) is 1.55. The summed E-state index contributed by atoms with van der Waals surface area (Å²) in [6.07, 6.45) is 4.24. The van der Waals surface area contributed by atoms with E-state index in [-0.39, 0.29) is 0 Å². The molecule has 2 aromatic heterocycles. The van der Waals surface area contributed by atoms with E-state index in [0.717, 1.165) is 29.9 Å². The predicted molar refractivity (Wildman–Crippen MR) is 57.1 cm³/mol. The number of aldehydes is 1. The van der Waals surface area contributed by atoms with Crippen molar-refractivity contribution in [1.29, 1.82) is 0 Å². The van der Waals surface area contributed by atoms with Crippen LogP contribution in [-0.4, -0.2) is 11.3 Å². The molecule has 0 atom stereocenters. The van der Waals surface area contributed by atoms with Crippen molar-refractivity contribution in [1.82, 2.24) is 4.98 Å². The lowest BCUT2D eigenvalue weighted by Gasteiger charge is -1.92. The number of carbonyl (C=O) groups excluding carboxylic acids is 1. The summed E-state index contributed by atoms with van der Waals surface area (Å²) in [6.45, 7) is 1.82. The Balaban J connectivity index is 1.99. The van der Waals surface area contributed by atoms with E-state index < -0.39 is 0 Å². The molecule has 2 heterocycles. The molecular formula is C12H13NO3. The molecule has 2 rings (SSSR count). The molecule has 0 aliphatic rings. The van der Waals surface area contributed by atoms with Crippen LogP contribution in [0, 0.1) is 6.92 Å². The maximum Gasteiger partial charge on any atom is 0.195 e. The average Bonchev–Trinajstić information content (AvgIpc) is 2.87. The lowest BCUT2D eigenvalue weighted by molar-refractivity contribution is -0.107. The van der Waals surface area contributed by atoms with Gasteiger partial charge in [-0.25, -0.2) is 4.98 Å². The van der Waals surface area contributed by atoms with E-state index in [1.807, 2.05) is 19.1 Å². The predicted octanol–water partition coefficient (Wildman–Crippen LogP) is 2.10. The first-order valence-corrected chi connectivity index (χ1v) is 5.21. The van der Waals surface area contributed by atoms with Gasteiger partial charge < -0.3 is 13.6 Å². The molecule has 4 heteroatoms. The molecule has 0 aliphatic carbocycles. The number of nitrogens with zero attached hydrogens (tertiary/aromatic N) is 1. The van der Waals surface area contributed by atoms with Crippen molar-refractivity contribution in [2.45, 2.75) is 26.2 Å². The quantitative estimate of drug-likeness (QED) is 0.722. The first-order valence-electron chi connectivity index (χ1n) is 5.21. The van der Waals surface area contributed by atoms with E-state index in [1.165, 1.54) is 0 Å². The summed E-state index contributed by atoms with van der Waals surface area (Å²) >= 11 is 0. The molecule has 0 saturated heterocycles. The minimum absolute atomic E-state index is 0.316. The van der Waals surface area contributed by atoms with E-state index in [9.17, 15) is 4.79 Å². The van der Waals surface area contributed by atoms with Crippen LogP contribution >= 0.6 is 0 Å². The first-order chi connectivity index (χ1) is 7.79. The molecule has 84 valence electrons. The van der Waals surface area contributed by atoms with Gasteiger partial charge in [-0.3, -0.25) is 0 Å². The van der Waals surface area contributed by atoms with E-state index >= 15 is 0 Å². The van der Waals surface area contributed by atoms with Crippen LogP contribution < -0.4 is 0 Å². The van der Waals surface area contributed by atoms with Crippen LogP contribution in [0.5, 0.6) is 0 Å². The second-order valence-corrected chi connectivity index (χ2v) is 3.56. The molecular weight excluding hydrogens is 206 g/mol. The smallest absolute Gasteiger partial charge is 0.195 e. The van der Waals surface area contributed by atoms with Crippen LogP contribution in [0.2, 0.25) is 0 Å². The highest BCUT2D eigenvalue weighted by atomic mass is 16.4. The Hall–Kier alpha value is -1.84. The topological polar surface area (TPSA) is 56.2 Å². The monoisotopic (exact) mass is 219 g/mol. The third-order valence-electron chi connectivity index (χ3n) is 2.38. The van der Waals surface area contributed by atoms with Gasteiger partial charge in [-0.2, -0.15) is 0 Å². The molecule has 0 aromatic carbocycles. The van der Waals surface area contributed by atoms with Crippen molar-refractivity contribution in [3.63, 3.8) is 0 Å². The fraction of sp³-hybridized carbons (Fsp3) is 0.333. The summed E-state index contributed by atoms with van der Waals surface area (Å²) in [5.41, 5.74) is 0.726. The Kier molecular flexibility index (Phi) is 3.19. The van der Waals surface area contributed by atoms with Gasteiger partial charge in [0.1, 0.15) is 17.8 Å². The van der Waals surface area contributed by atoms with Crippen molar-refractivity contribution in [3.05, 3.63) is 41.5 Å². The number of hydrogen-bond donors (Lipinski definition) is 0. The Morgan fingerprint density at radius 1 is 1.44 bits per heavy atom. The van der Waals surface area contributed by atoms with Crippen molar-refractivity contribution in [2.75, 3.05) is 0 Å². The highest BCUT2D eigenvalue weighted by Gasteiger charge is 2.09. The minimum Gasteiger partial charge on any atom is -0.469 e. The van der Waals surface area contributed by atoms with Crippen molar-refractivity contribution >= 4 is 6.29 Å². The summed E-state index contributed by atoms with van der Waals surface area (Å²) in [7, 11) is 0. The van der Waals surface area contributed by atoms with Gasteiger partial charge in [0.2, 0.25) is 0 Å². The molecule has 0 radical (unpaired) electrons. The van der Waals surface area contributed by atoms with E-state index in [0.29, 0.717) is 18.7 Å². The van der Waals surface area contributed by atoms with Crippen molar-refractivity contribution in [2.24, 2.45) is 0 Å². The molecule has 0 N–H and O–H groups in total. The molecule has 0 amide bonds. The number of hydrogen-bond acceptors (Lipinski definition) is 4. The van der Waals surface area contributed by atoms with Gasteiger partial charge in [-0.1, -0.05) is 0 Å². The zero-order chi connectivity index (χ0) is 11.4. The van der Waals surface area contributed by atoms with Crippen LogP contribution in [0.3, 0.4) is 0 Å². The second-order valence-electron chi connectivity index (χ2n) is 3.56. The van der Waals surface area contributed by atoms with Gasteiger partial charge in [-0.05, 0) is 19.1 Å². The first kappa shape index (κ1) is 10.7. The van der Waals surface area contributed by atoms with Crippen LogP contribution in [0.1, 0.15) is 23.1 Å². The van der Waals surface area contributed by atoms with Gasteiger partial charge >= 0.3 is 0 Å². The van der Waals surface area contributed by atoms with E-state index in [2.05, 4.69) is 4.98 Å². The van der Waals surface area contributed by atoms with Gasteiger partial charge in [0, 0.05) is 19.3 Å². The molecule has 0 saturated carbocycles. The third-order valence-corrected chi connectivity index (χ3v) is 2.38. The largest absolute Gasteiger partial charge is 0.469 e. The molecule has 16 heavy (non-hydrogen) atoms. The molecule has 0 unspecified atom stereocenters. The van der Waals surface area contributed by atoms with Crippen LogP contribution in [0.15, 0.2) is 27.2 Å². The Bertz CT molecular complexity index is 457. The summed E-state index contributed by atoms with van der Waals surface area (Å²) in [6, 6.07) is 3.77. The van der Waals surface area contributed by atoms with Crippen LogP contribution in [0.4, 0.5) is 0 Å². The summed E-state index contributed by atoms with van der Waals surface area (Å²) in [5.74, 6) is 2.29. The van der Waals surface area contributed by atoms with E-state index in [4.69, 9.17) is 8.83 Å². The zero-order valence-corrected chi connectivity index (χ0v) is 9.10. The Morgan fingerprint density at radius 2 is 2.31 bits per heavy atom. The van der Waals surface area contributed by atoms with Gasteiger partial charge in [0.05, 0.1) is 12.0 Å². The van der Waals surface area contributed by atoms with Crippen LogP contribution in [-0.2, 0) is 24.1 Å². The van der Waals surface area contributed by atoms with Gasteiger partial charge in [-0.15, -0.1) is 0 Å². The van der Waals surface area contributed by atoms with Crippen LogP contribution in [0.25, 0.3) is 0 Å². The SMILES string of the molecule is Cc1oc(CCc2ccco2)nc1CC=O. The molecule has 0 bridgehead atoms. The molecule has 0 spiro atoms. The summed E-state index contributed by atoms with van der Waals surface area (Å²) < 4.78 is 10.7. The number of rotatable bonds is 5. The van der Waals surface area contributed by atoms with Gasteiger partial charge in [0.15, 0.2) is 5.89 Å². The maximum atomic E-state index is 10.4. The average molecular weight is 219 g/mol. The summed E-state index contributed by atoms with van der Waals surface area (Å²) in [5, 5.41) is 0. The second kappa shape index (κ2) is 4.79.